The topological polar surface area (TPSA) is 149 Å². The predicted molar refractivity (Wildman–Crippen MR) is 378 cm³/mol. The van der Waals surface area contributed by atoms with Gasteiger partial charge in [0.05, 0.1) is 25.4 Å². The second-order valence-electron chi connectivity index (χ2n) is 26.4. The van der Waals surface area contributed by atoms with E-state index in [0.717, 1.165) is 57.8 Å². The van der Waals surface area contributed by atoms with Crippen LogP contribution in [0.4, 0.5) is 0 Å². The smallest absolute Gasteiger partial charge is 0.220 e. The molecule has 7 atom stereocenters. The van der Waals surface area contributed by atoms with Gasteiger partial charge in [0, 0.05) is 6.42 Å². The summed E-state index contributed by atoms with van der Waals surface area (Å²) in [5.41, 5.74) is 0. The van der Waals surface area contributed by atoms with Gasteiger partial charge < -0.3 is 40.3 Å². The molecule has 9 heteroatoms. The van der Waals surface area contributed by atoms with Gasteiger partial charge in [-0.15, -0.1) is 0 Å². The zero-order valence-corrected chi connectivity index (χ0v) is 57.7. The summed E-state index contributed by atoms with van der Waals surface area (Å²) in [5, 5.41) is 54.8. The van der Waals surface area contributed by atoms with Crippen LogP contribution in [-0.2, 0) is 14.3 Å². The lowest BCUT2D eigenvalue weighted by Gasteiger charge is -2.40. The summed E-state index contributed by atoms with van der Waals surface area (Å²) in [6.07, 6.45) is 88.9. The number of nitrogens with one attached hydrogen (secondary N) is 1. The quantitative estimate of drug-likeness (QED) is 0.0261. The highest BCUT2D eigenvalue weighted by Crippen LogP contribution is 2.23. The fourth-order valence-electron chi connectivity index (χ4n) is 12.0. The van der Waals surface area contributed by atoms with Gasteiger partial charge in [-0.3, -0.25) is 4.79 Å². The third kappa shape index (κ3) is 55.3. The maximum atomic E-state index is 13.1. The molecule has 0 saturated carbocycles. The van der Waals surface area contributed by atoms with Gasteiger partial charge in [-0.1, -0.05) is 350 Å². The molecule has 0 aromatic heterocycles. The first kappa shape index (κ1) is 83.6. The van der Waals surface area contributed by atoms with E-state index in [2.05, 4.69) is 79.9 Å². The van der Waals surface area contributed by atoms with E-state index in [1.54, 1.807) is 6.08 Å². The van der Waals surface area contributed by atoms with Gasteiger partial charge in [0.15, 0.2) is 6.29 Å². The Morgan fingerprint density at radius 1 is 0.386 bits per heavy atom. The minimum atomic E-state index is -1.58. The molecule has 1 heterocycles. The number of aliphatic hydroxyl groups is 5. The van der Waals surface area contributed by atoms with E-state index >= 15 is 0 Å². The van der Waals surface area contributed by atoms with E-state index in [1.165, 1.54) is 289 Å². The molecule has 0 radical (unpaired) electrons. The van der Waals surface area contributed by atoms with Crippen LogP contribution in [0.2, 0.25) is 0 Å². The molecule has 1 rings (SSSR count). The lowest BCUT2D eigenvalue weighted by Crippen LogP contribution is -2.60. The summed E-state index contributed by atoms with van der Waals surface area (Å²) in [4.78, 5) is 13.1. The zero-order chi connectivity index (χ0) is 63.5. The van der Waals surface area contributed by atoms with Crippen LogP contribution < -0.4 is 5.32 Å². The number of ether oxygens (including phenoxy) is 2. The van der Waals surface area contributed by atoms with Crippen molar-refractivity contribution in [1.82, 2.24) is 5.32 Å². The molecule has 7 unspecified atom stereocenters. The van der Waals surface area contributed by atoms with Crippen LogP contribution in [0.5, 0.6) is 0 Å². The second kappa shape index (κ2) is 67.5. The Morgan fingerprint density at radius 2 is 0.682 bits per heavy atom. The molecule has 9 nitrogen and oxygen atoms in total. The van der Waals surface area contributed by atoms with Gasteiger partial charge in [-0.05, 0) is 83.5 Å². The molecule has 0 spiro atoms. The second-order valence-corrected chi connectivity index (χ2v) is 26.4. The number of carbonyl (C=O) groups excluding carboxylic acids is 1. The SMILES string of the molecule is CCCCCCC/C=C\C/C=C\C/C=C\CCCCCCCCCCCCCCCCCCCCC(=O)NC(COC1OC(CO)C(O)C(O)C1O)C(O)/C=C/CC/C=C/CC/C=C/CCCCCCCCCCCCCCCCCCCCCCCC. The lowest BCUT2D eigenvalue weighted by molar-refractivity contribution is -0.302. The van der Waals surface area contributed by atoms with Crippen LogP contribution in [0.3, 0.4) is 0 Å². The fourth-order valence-corrected chi connectivity index (χ4v) is 12.0. The van der Waals surface area contributed by atoms with E-state index in [-0.39, 0.29) is 12.5 Å². The fraction of sp³-hybridized carbons (Fsp3) is 0.835. The standard InChI is InChI=1S/C79H145NO8/c1-3-5-7-9-11-13-15-17-19-21-23-25-27-29-31-33-35-37-39-41-43-45-47-49-51-53-55-57-59-61-63-65-67-69-75(83)80-72(71-87-79-78(86)77(85)76(84)74(70-81)88-79)73(82)68-66-64-62-60-58-56-54-52-50-48-46-44-42-40-38-36-34-32-30-28-26-24-22-20-18-16-14-12-10-8-6-4-2/h15,17,21,23,27,29,50,52,58,60,66,68,72-74,76-79,81-82,84-86H,3-14,16,18-20,22,24-26,28,30-49,51,53-57,59,61-65,67,69-71H2,1-2H3,(H,80,83)/b17-15-,23-21-,29-27-,52-50+,60-58+,68-66+. The largest absolute Gasteiger partial charge is 0.394 e. The number of aliphatic hydroxyl groups excluding tert-OH is 5. The first-order valence-electron chi connectivity index (χ1n) is 38.2. The average molecular weight is 1240 g/mol. The predicted octanol–water partition coefficient (Wildman–Crippen LogP) is 21.5. The molecule has 0 aromatic rings. The van der Waals surface area contributed by atoms with E-state index in [1.807, 2.05) is 6.08 Å². The molecule has 1 saturated heterocycles. The van der Waals surface area contributed by atoms with Gasteiger partial charge in [0.2, 0.25) is 5.91 Å². The highest BCUT2D eigenvalue weighted by molar-refractivity contribution is 5.76. The van der Waals surface area contributed by atoms with Crippen molar-refractivity contribution >= 4 is 5.91 Å². The number of hydrogen-bond acceptors (Lipinski definition) is 8. The molecular weight excluding hydrogens is 1090 g/mol. The van der Waals surface area contributed by atoms with Gasteiger partial charge in [-0.25, -0.2) is 0 Å². The van der Waals surface area contributed by atoms with E-state index in [9.17, 15) is 30.3 Å². The Bertz CT molecular complexity index is 1620. The Balaban J connectivity index is 2.13. The van der Waals surface area contributed by atoms with Gasteiger partial charge in [0.25, 0.3) is 0 Å². The van der Waals surface area contributed by atoms with Crippen LogP contribution in [0.15, 0.2) is 72.9 Å². The van der Waals surface area contributed by atoms with Crippen molar-refractivity contribution < 1.29 is 39.8 Å². The number of amides is 1. The Labute approximate surface area is 544 Å². The van der Waals surface area contributed by atoms with Crippen molar-refractivity contribution in [2.24, 2.45) is 0 Å². The molecular formula is C79H145NO8. The summed E-state index contributed by atoms with van der Waals surface area (Å²) < 4.78 is 11.3. The number of hydrogen-bond donors (Lipinski definition) is 6. The minimum Gasteiger partial charge on any atom is -0.394 e. The highest BCUT2D eigenvalue weighted by Gasteiger charge is 2.44. The zero-order valence-electron chi connectivity index (χ0n) is 57.7. The van der Waals surface area contributed by atoms with Crippen molar-refractivity contribution in [3.05, 3.63) is 72.9 Å². The summed E-state index contributed by atoms with van der Waals surface area (Å²) in [7, 11) is 0. The van der Waals surface area contributed by atoms with E-state index < -0.39 is 49.5 Å². The highest BCUT2D eigenvalue weighted by atomic mass is 16.7. The molecule has 0 bridgehead atoms. The van der Waals surface area contributed by atoms with Crippen LogP contribution >= 0.6 is 0 Å². The average Bonchev–Trinajstić information content (AvgIpc) is 3.65. The van der Waals surface area contributed by atoms with Crippen molar-refractivity contribution in [3.63, 3.8) is 0 Å². The maximum Gasteiger partial charge on any atom is 0.220 e. The maximum absolute atomic E-state index is 13.1. The van der Waals surface area contributed by atoms with Crippen LogP contribution in [0.25, 0.3) is 0 Å². The molecule has 1 fully saturated rings. The Morgan fingerprint density at radius 3 is 1.03 bits per heavy atom. The number of rotatable bonds is 67. The molecule has 1 aliphatic rings. The lowest BCUT2D eigenvalue weighted by atomic mass is 9.99. The Kier molecular flexibility index (Phi) is 64.2. The molecule has 6 N–H and O–H groups in total. The molecule has 88 heavy (non-hydrogen) atoms. The number of carbonyl (C=O) groups is 1. The van der Waals surface area contributed by atoms with Gasteiger partial charge in [0.1, 0.15) is 24.4 Å². The summed E-state index contributed by atoms with van der Waals surface area (Å²) >= 11 is 0. The summed E-state index contributed by atoms with van der Waals surface area (Å²) in [5.74, 6) is -0.187. The summed E-state index contributed by atoms with van der Waals surface area (Å²) in [6, 6.07) is -0.833. The molecule has 0 aliphatic carbocycles. The van der Waals surface area contributed by atoms with Crippen LogP contribution in [-0.4, -0.2) is 87.5 Å². The molecule has 514 valence electrons. The number of allylic oxidation sites excluding steroid dienone is 11. The summed E-state index contributed by atoms with van der Waals surface area (Å²) in [6.45, 7) is 3.79. The van der Waals surface area contributed by atoms with Crippen LogP contribution in [0.1, 0.15) is 367 Å². The van der Waals surface area contributed by atoms with Crippen molar-refractivity contribution in [3.8, 4) is 0 Å². The minimum absolute atomic E-state index is 0.187. The molecule has 1 aliphatic heterocycles. The molecule has 0 aromatic carbocycles. The third-order valence-electron chi connectivity index (χ3n) is 18.0. The van der Waals surface area contributed by atoms with Gasteiger partial charge in [-0.2, -0.15) is 0 Å². The Hall–Kier alpha value is -2.37. The number of unbranched alkanes of at least 4 members (excludes halogenated alkanes) is 47. The van der Waals surface area contributed by atoms with Crippen molar-refractivity contribution in [2.45, 2.75) is 410 Å². The first-order chi connectivity index (χ1) is 43.3. The monoisotopic (exact) mass is 1240 g/mol. The van der Waals surface area contributed by atoms with Crippen molar-refractivity contribution in [1.29, 1.82) is 0 Å². The van der Waals surface area contributed by atoms with Crippen molar-refractivity contribution in [2.75, 3.05) is 13.2 Å². The molecule has 1 amide bonds. The van der Waals surface area contributed by atoms with Crippen LogP contribution in [0, 0.1) is 0 Å². The normalized spacial score (nSPS) is 18.3. The first-order valence-corrected chi connectivity index (χ1v) is 38.2. The van der Waals surface area contributed by atoms with Gasteiger partial charge >= 0.3 is 0 Å². The van der Waals surface area contributed by atoms with E-state index in [4.69, 9.17) is 9.47 Å². The van der Waals surface area contributed by atoms with E-state index in [0.29, 0.717) is 6.42 Å². The third-order valence-corrected chi connectivity index (χ3v) is 18.0.